The van der Waals surface area contributed by atoms with Crippen LogP contribution in [-0.2, 0) is 4.79 Å². The normalized spacial score (nSPS) is 10.2. The van der Waals surface area contributed by atoms with E-state index in [1.165, 1.54) is 24.0 Å². The van der Waals surface area contributed by atoms with E-state index in [0.29, 0.717) is 6.42 Å². The summed E-state index contributed by atoms with van der Waals surface area (Å²) in [5.74, 6) is 0.0911. The molecule has 20 heavy (non-hydrogen) atoms. The summed E-state index contributed by atoms with van der Waals surface area (Å²) >= 11 is 0. The number of nitrogens with one attached hydrogen (secondary N) is 1. The molecule has 0 bridgehead atoms. The number of anilines is 1. The van der Waals surface area contributed by atoms with Gasteiger partial charge in [-0.05, 0) is 57.1 Å². The highest BCUT2D eigenvalue weighted by Gasteiger charge is 2.05. The minimum atomic E-state index is 0. The number of carbonyl (C=O) groups excluding carboxylic acids is 1. The van der Waals surface area contributed by atoms with E-state index >= 15 is 0 Å². The van der Waals surface area contributed by atoms with Crippen molar-refractivity contribution in [3.63, 3.8) is 0 Å². The molecule has 1 amide bonds. The van der Waals surface area contributed by atoms with E-state index in [4.69, 9.17) is 0 Å². The number of rotatable bonds is 7. The summed E-state index contributed by atoms with van der Waals surface area (Å²) in [5, 5.41) is 2.97. The van der Waals surface area contributed by atoms with Crippen LogP contribution in [0.2, 0.25) is 0 Å². The summed E-state index contributed by atoms with van der Waals surface area (Å²) in [7, 11) is 2.07. The third-order valence-corrected chi connectivity index (χ3v) is 3.12. The Kier molecular flexibility index (Phi) is 9.26. The first-order valence-electron chi connectivity index (χ1n) is 7.08. The molecule has 0 aliphatic heterocycles. The van der Waals surface area contributed by atoms with Crippen LogP contribution in [0.25, 0.3) is 0 Å². The van der Waals surface area contributed by atoms with E-state index in [-0.39, 0.29) is 18.3 Å². The van der Waals surface area contributed by atoms with E-state index < -0.39 is 0 Å². The fraction of sp³-hybridized carbons (Fsp3) is 0.562. The molecule has 0 unspecified atom stereocenters. The molecule has 3 nitrogen and oxygen atoms in total. The first-order chi connectivity index (χ1) is 9.01. The average Bonchev–Trinajstić information content (AvgIpc) is 2.32. The third kappa shape index (κ3) is 7.51. The standard InChI is InChI=1S/C16H26N2O.ClH/c1-5-6-8-18(4)9-7-16(19)17-15-11-13(2)10-14(3)12-15;/h10-12H,5-9H2,1-4H3,(H,17,19);1H. The van der Waals surface area contributed by atoms with Gasteiger partial charge in [-0.3, -0.25) is 4.79 Å². The molecule has 4 heteroatoms. The molecule has 0 radical (unpaired) electrons. The van der Waals surface area contributed by atoms with Gasteiger partial charge >= 0.3 is 0 Å². The molecule has 0 atom stereocenters. The molecule has 0 spiro atoms. The van der Waals surface area contributed by atoms with Gasteiger partial charge in [0.2, 0.25) is 5.91 Å². The van der Waals surface area contributed by atoms with Crippen LogP contribution >= 0.6 is 12.4 Å². The Morgan fingerprint density at radius 1 is 1.15 bits per heavy atom. The Bertz CT molecular complexity index is 401. The molecule has 1 N–H and O–H groups in total. The van der Waals surface area contributed by atoms with E-state index in [9.17, 15) is 4.79 Å². The number of hydrogen-bond acceptors (Lipinski definition) is 2. The minimum absolute atomic E-state index is 0. The second-order valence-electron chi connectivity index (χ2n) is 5.33. The zero-order valence-corrected chi connectivity index (χ0v) is 13.8. The lowest BCUT2D eigenvalue weighted by Gasteiger charge is -2.15. The van der Waals surface area contributed by atoms with Crippen LogP contribution in [0.5, 0.6) is 0 Å². The Hall–Kier alpha value is -1.06. The van der Waals surface area contributed by atoms with Crippen LogP contribution in [0.3, 0.4) is 0 Å². The van der Waals surface area contributed by atoms with Crippen molar-refractivity contribution in [2.24, 2.45) is 0 Å². The number of benzene rings is 1. The van der Waals surface area contributed by atoms with Gasteiger partial charge in [-0.15, -0.1) is 12.4 Å². The van der Waals surface area contributed by atoms with Gasteiger partial charge in [-0.2, -0.15) is 0 Å². The highest BCUT2D eigenvalue weighted by molar-refractivity contribution is 5.91. The molecule has 0 aromatic heterocycles. The number of unbranched alkanes of at least 4 members (excludes halogenated alkanes) is 1. The van der Waals surface area contributed by atoms with Crippen molar-refractivity contribution < 1.29 is 4.79 Å². The van der Waals surface area contributed by atoms with Gasteiger partial charge in [-0.1, -0.05) is 19.4 Å². The predicted octanol–water partition coefficient (Wildman–Crippen LogP) is 3.79. The van der Waals surface area contributed by atoms with Gasteiger partial charge in [-0.25, -0.2) is 0 Å². The van der Waals surface area contributed by atoms with Crippen molar-refractivity contribution in [3.8, 4) is 0 Å². The molecule has 0 aliphatic carbocycles. The Balaban J connectivity index is 0.00000361. The van der Waals surface area contributed by atoms with Gasteiger partial charge in [0.1, 0.15) is 0 Å². The van der Waals surface area contributed by atoms with Gasteiger partial charge in [0, 0.05) is 18.7 Å². The number of aryl methyl sites for hydroxylation is 2. The fourth-order valence-corrected chi connectivity index (χ4v) is 2.10. The first kappa shape index (κ1) is 18.9. The molecule has 114 valence electrons. The highest BCUT2D eigenvalue weighted by atomic mass is 35.5. The summed E-state index contributed by atoms with van der Waals surface area (Å²) in [5.41, 5.74) is 3.25. The molecule has 1 aromatic rings. The van der Waals surface area contributed by atoms with Gasteiger partial charge in [0.25, 0.3) is 0 Å². The highest BCUT2D eigenvalue weighted by Crippen LogP contribution is 2.13. The van der Waals surface area contributed by atoms with Crippen molar-refractivity contribution in [1.82, 2.24) is 4.90 Å². The summed E-state index contributed by atoms with van der Waals surface area (Å²) in [6.07, 6.45) is 2.93. The molecule has 0 heterocycles. The Morgan fingerprint density at radius 2 is 1.75 bits per heavy atom. The number of carbonyl (C=O) groups is 1. The lowest BCUT2D eigenvalue weighted by molar-refractivity contribution is -0.116. The second-order valence-corrected chi connectivity index (χ2v) is 5.33. The lowest BCUT2D eigenvalue weighted by Crippen LogP contribution is -2.25. The predicted molar refractivity (Wildman–Crippen MR) is 88.8 cm³/mol. The third-order valence-electron chi connectivity index (χ3n) is 3.12. The number of halogens is 1. The molecule has 0 fully saturated rings. The van der Waals surface area contributed by atoms with E-state index in [0.717, 1.165) is 18.8 Å². The van der Waals surface area contributed by atoms with Crippen LogP contribution < -0.4 is 5.32 Å². The smallest absolute Gasteiger partial charge is 0.225 e. The number of nitrogens with zero attached hydrogens (tertiary/aromatic N) is 1. The number of hydrogen-bond donors (Lipinski definition) is 1. The molecule has 0 saturated heterocycles. The molecule has 1 aromatic carbocycles. The van der Waals surface area contributed by atoms with Crippen LogP contribution in [0, 0.1) is 13.8 Å². The van der Waals surface area contributed by atoms with Crippen LogP contribution in [0.15, 0.2) is 18.2 Å². The zero-order chi connectivity index (χ0) is 14.3. The van der Waals surface area contributed by atoms with Gasteiger partial charge in [0.05, 0.1) is 0 Å². The molecule has 0 aliphatic rings. The van der Waals surface area contributed by atoms with Crippen molar-refractivity contribution in [1.29, 1.82) is 0 Å². The summed E-state index contributed by atoms with van der Waals surface area (Å²) < 4.78 is 0. The minimum Gasteiger partial charge on any atom is -0.326 e. The van der Waals surface area contributed by atoms with Gasteiger partial charge < -0.3 is 10.2 Å². The SMILES string of the molecule is CCCCN(C)CCC(=O)Nc1cc(C)cc(C)c1.Cl. The van der Waals surface area contributed by atoms with Crippen LogP contribution in [0.4, 0.5) is 5.69 Å². The van der Waals surface area contributed by atoms with Crippen molar-refractivity contribution >= 4 is 24.0 Å². The van der Waals surface area contributed by atoms with Crippen molar-refractivity contribution in [3.05, 3.63) is 29.3 Å². The maximum atomic E-state index is 11.9. The maximum Gasteiger partial charge on any atom is 0.225 e. The maximum absolute atomic E-state index is 11.9. The molecular formula is C16H27ClN2O. The first-order valence-corrected chi connectivity index (χ1v) is 7.08. The number of amides is 1. The van der Waals surface area contributed by atoms with E-state index in [2.05, 4.69) is 30.3 Å². The molecule has 1 rings (SSSR count). The van der Waals surface area contributed by atoms with E-state index in [1.54, 1.807) is 0 Å². The van der Waals surface area contributed by atoms with E-state index in [1.807, 2.05) is 26.0 Å². The quantitative estimate of drug-likeness (QED) is 0.831. The summed E-state index contributed by atoms with van der Waals surface area (Å²) in [6, 6.07) is 6.12. The summed E-state index contributed by atoms with van der Waals surface area (Å²) in [4.78, 5) is 14.1. The van der Waals surface area contributed by atoms with Crippen LogP contribution in [-0.4, -0.2) is 30.9 Å². The van der Waals surface area contributed by atoms with Crippen molar-refractivity contribution in [2.75, 3.05) is 25.5 Å². The Morgan fingerprint density at radius 3 is 2.30 bits per heavy atom. The fourth-order valence-electron chi connectivity index (χ4n) is 2.10. The molecule has 0 saturated carbocycles. The summed E-state index contributed by atoms with van der Waals surface area (Å²) in [6.45, 7) is 8.15. The van der Waals surface area contributed by atoms with Crippen molar-refractivity contribution in [2.45, 2.75) is 40.0 Å². The largest absolute Gasteiger partial charge is 0.326 e. The topological polar surface area (TPSA) is 32.3 Å². The van der Waals surface area contributed by atoms with Crippen LogP contribution in [0.1, 0.15) is 37.3 Å². The second kappa shape index (κ2) is 9.78. The average molecular weight is 299 g/mol. The molecular weight excluding hydrogens is 272 g/mol. The Labute approximate surface area is 129 Å². The monoisotopic (exact) mass is 298 g/mol. The lowest BCUT2D eigenvalue weighted by atomic mass is 10.1. The van der Waals surface area contributed by atoms with Gasteiger partial charge in [0.15, 0.2) is 0 Å². The zero-order valence-electron chi connectivity index (χ0n) is 13.0.